The van der Waals surface area contributed by atoms with Crippen LogP contribution in [0.5, 0.6) is 0 Å². The molecule has 0 unspecified atom stereocenters. The second kappa shape index (κ2) is 6.58. The Bertz CT molecular complexity index is 618. The summed E-state index contributed by atoms with van der Waals surface area (Å²) in [6.07, 6.45) is 2.31. The number of carbonyl (C=O) groups excluding carboxylic acids is 1. The first-order chi connectivity index (χ1) is 9.37. The highest BCUT2D eigenvalue weighted by molar-refractivity contribution is 7.90. The predicted octanol–water partition coefficient (Wildman–Crippen LogP) is 1.87. The summed E-state index contributed by atoms with van der Waals surface area (Å²) in [6.45, 7) is 8.49. The topological polar surface area (TPSA) is 67.3 Å². The van der Waals surface area contributed by atoms with Gasteiger partial charge < -0.3 is 4.90 Å². The van der Waals surface area contributed by atoms with Crippen LogP contribution in [0.25, 0.3) is 0 Å². The molecule has 21 heavy (non-hydrogen) atoms. The molecule has 0 aliphatic rings. The molecule has 1 aromatic rings. The third-order valence-electron chi connectivity index (χ3n) is 2.77. The average molecular weight is 349 g/mol. The van der Waals surface area contributed by atoms with Crippen molar-refractivity contribution in [3.05, 3.63) is 15.6 Å². The maximum atomic E-state index is 12.2. The molecule has 120 valence electrons. The molecule has 0 saturated carbocycles. The zero-order chi connectivity index (χ0) is 16.4. The van der Waals surface area contributed by atoms with E-state index in [1.165, 1.54) is 17.6 Å². The van der Waals surface area contributed by atoms with Crippen LogP contribution in [0.3, 0.4) is 0 Å². The molecule has 1 rings (SSSR count). The number of aryl methyl sites for hydroxylation is 1. The van der Waals surface area contributed by atoms with Crippen molar-refractivity contribution in [1.29, 1.82) is 0 Å². The second-order valence-corrected chi connectivity index (χ2v) is 15.4. The molecule has 0 atom stereocenters. The molecule has 0 saturated heterocycles. The molecule has 0 aliphatic heterocycles. The number of thiazole rings is 1. The van der Waals surface area contributed by atoms with Crippen molar-refractivity contribution >= 4 is 35.2 Å². The average Bonchev–Trinajstić information content (AvgIpc) is 2.53. The minimum Gasteiger partial charge on any atom is -0.348 e. The van der Waals surface area contributed by atoms with Gasteiger partial charge in [0.05, 0.1) is 20.2 Å². The predicted molar refractivity (Wildman–Crippen MR) is 90.1 cm³/mol. The molecule has 0 bridgehead atoms. The fourth-order valence-electron chi connectivity index (χ4n) is 2.01. The third-order valence-corrected chi connectivity index (χ3v) is 6.33. The fourth-order valence-corrected chi connectivity index (χ4v) is 5.86. The van der Waals surface area contributed by atoms with Crippen molar-refractivity contribution in [2.24, 2.45) is 0 Å². The number of amides is 1. The Kier molecular flexibility index (Phi) is 5.74. The number of hydrogen-bond acceptors (Lipinski definition) is 5. The van der Waals surface area contributed by atoms with Crippen LogP contribution in [-0.2, 0) is 26.8 Å². The monoisotopic (exact) mass is 348 g/mol. The lowest BCUT2D eigenvalue weighted by atomic mass is 10.3. The van der Waals surface area contributed by atoms with E-state index >= 15 is 0 Å². The van der Waals surface area contributed by atoms with Gasteiger partial charge in [-0.15, -0.1) is 11.3 Å². The van der Waals surface area contributed by atoms with Gasteiger partial charge in [0.1, 0.15) is 10.8 Å². The molecular weight excluding hydrogens is 324 g/mol. The number of sulfone groups is 1. The van der Waals surface area contributed by atoms with E-state index in [0.29, 0.717) is 11.4 Å². The van der Waals surface area contributed by atoms with Crippen molar-refractivity contribution in [1.82, 2.24) is 9.88 Å². The number of carbonyl (C=O) groups is 1. The number of likely N-dealkylation sites (N-methyl/N-ethyl adjacent to an activating group) is 1. The molecule has 5 nitrogen and oxygen atoms in total. The normalized spacial score (nSPS) is 12.5. The van der Waals surface area contributed by atoms with E-state index in [4.69, 9.17) is 0 Å². The molecule has 0 N–H and O–H groups in total. The highest BCUT2D eigenvalue weighted by atomic mass is 32.2. The van der Waals surface area contributed by atoms with Gasteiger partial charge in [0.25, 0.3) is 0 Å². The summed E-state index contributed by atoms with van der Waals surface area (Å²) < 4.78 is 22.6. The summed E-state index contributed by atoms with van der Waals surface area (Å²) in [5.41, 5.74) is 0.758. The van der Waals surface area contributed by atoms with Crippen LogP contribution in [0.15, 0.2) is 0 Å². The Morgan fingerprint density at radius 2 is 1.90 bits per heavy atom. The Balaban J connectivity index is 2.77. The summed E-state index contributed by atoms with van der Waals surface area (Å²) in [6, 6.07) is 0. The summed E-state index contributed by atoms with van der Waals surface area (Å²) in [7, 11) is -2.59. The maximum absolute atomic E-state index is 12.2. The molecule has 0 spiro atoms. The smallest absolute Gasteiger partial charge is 0.227 e. The Morgan fingerprint density at radius 1 is 1.33 bits per heavy atom. The first kappa shape index (κ1) is 18.3. The van der Waals surface area contributed by atoms with Crippen molar-refractivity contribution < 1.29 is 13.2 Å². The number of nitrogens with zero attached hydrogens (tertiary/aromatic N) is 2. The largest absolute Gasteiger partial charge is 0.348 e. The van der Waals surface area contributed by atoms with Crippen LogP contribution in [0.1, 0.15) is 15.6 Å². The van der Waals surface area contributed by atoms with Gasteiger partial charge in [0, 0.05) is 24.3 Å². The molecular formula is C13H24N2O3S2Si. The lowest BCUT2D eigenvalue weighted by Crippen LogP contribution is -2.41. The fraction of sp³-hybridized carbons (Fsp3) is 0.692. The molecule has 0 aliphatic carbocycles. The van der Waals surface area contributed by atoms with Gasteiger partial charge in [-0.05, 0) is 6.92 Å². The number of hydrogen-bond donors (Lipinski definition) is 0. The van der Waals surface area contributed by atoms with Gasteiger partial charge in [-0.3, -0.25) is 4.79 Å². The standard InChI is InChI=1S/C13H24N2O3S2Si/c1-10-11(19-12(14-10)8-20(3,17)18)7-13(16)15(2)9-21(4,5)6/h7-9H2,1-6H3. The van der Waals surface area contributed by atoms with Crippen molar-refractivity contribution in [2.45, 2.75) is 38.7 Å². The lowest BCUT2D eigenvalue weighted by Gasteiger charge is -2.25. The molecule has 1 heterocycles. The molecule has 0 fully saturated rings. The highest BCUT2D eigenvalue weighted by Gasteiger charge is 2.21. The van der Waals surface area contributed by atoms with Crippen LogP contribution in [0.4, 0.5) is 0 Å². The summed E-state index contributed by atoms with van der Waals surface area (Å²) in [5, 5.41) is 0.561. The Labute approximate surface area is 132 Å². The highest BCUT2D eigenvalue weighted by Crippen LogP contribution is 2.21. The van der Waals surface area contributed by atoms with Crippen LogP contribution >= 0.6 is 11.3 Å². The van der Waals surface area contributed by atoms with Crippen molar-refractivity contribution in [2.75, 3.05) is 19.5 Å². The van der Waals surface area contributed by atoms with Crippen LogP contribution < -0.4 is 0 Å². The summed E-state index contributed by atoms with van der Waals surface area (Å²) >= 11 is 1.32. The molecule has 8 heteroatoms. The minimum absolute atomic E-state index is 0.0581. The zero-order valence-corrected chi connectivity index (χ0v) is 16.2. The van der Waals surface area contributed by atoms with E-state index in [0.717, 1.165) is 16.7 Å². The number of aromatic nitrogens is 1. The first-order valence-corrected chi connectivity index (χ1v) is 13.3. The van der Waals surface area contributed by atoms with E-state index < -0.39 is 17.9 Å². The molecule has 0 aromatic carbocycles. The number of rotatable bonds is 6. The Morgan fingerprint density at radius 3 is 2.38 bits per heavy atom. The van der Waals surface area contributed by atoms with Gasteiger partial charge in [0.15, 0.2) is 9.84 Å². The van der Waals surface area contributed by atoms with E-state index in [-0.39, 0.29) is 11.7 Å². The van der Waals surface area contributed by atoms with Crippen molar-refractivity contribution in [3.63, 3.8) is 0 Å². The van der Waals surface area contributed by atoms with E-state index in [9.17, 15) is 13.2 Å². The van der Waals surface area contributed by atoms with Crippen LogP contribution in [-0.4, -0.2) is 51.8 Å². The SMILES string of the molecule is Cc1nc(CS(C)(=O)=O)sc1CC(=O)N(C)C[Si](C)(C)C. The maximum Gasteiger partial charge on any atom is 0.227 e. The Hall–Kier alpha value is -0.733. The summed E-state index contributed by atoms with van der Waals surface area (Å²) in [4.78, 5) is 19.1. The van der Waals surface area contributed by atoms with Gasteiger partial charge >= 0.3 is 0 Å². The van der Waals surface area contributed by atoms with Gasteiger partial charge in [-0.1, -0.05) is 19.6 Å². The molecule has 1 amide bonds. The van der Waals surface area contributed by atoms with Gasteiger partial charge in [-0.2, -0.15) is 0 Å². The summed E-state index contributed by atoms with van der Waals surface area (Å²) in [5.74, 6) is 0.00680. The van der Waals surface area contributed by atoms with Crippen LogP contribution in [0.2, 0.25) is 19.6 Å². The van der Waals surface area contributed by atoms with Gasteiger partial charge in [-0.25, -0.2) is 13.4 Å². The van der Waals surface area contributed by atoms with E-state index in [1.54, 1.807) is 4.90 Å². The first-order valence-electron chi connectivity index (χ1n) is 6.74. The van der Waals surface area contributed by atoms with Gasteiger partial charge in [0.2, 0.25) is 5.91 Å². The van der Waals surface area contributed by atoms with Crippen LogP contribution in [0, 0.1) is 6.92 Å². The third kappa shape index (κ3) is 6.71. The minimum atomic E-state index is -3.09. The molecule has 0 radical (unpaired) electrons. The van der Waals surface area contributed by atoms with Crippen molar-refractivity contribution in [3.8, 4) is 0 Å². The molecule has 1 aromatic heterocycles. The quantitative estimate of drug-likeness (QED) is 0.736. The lowest BCUT2D eigenvalue weighted by molar-refractivity contribution is -0.128. The van der Waals surface area contributed by atoms with E-state index in [1.807, 2.05) is 14.0 Å². The van der Waals surface area contributed by atoms with E-state index in [2.05, 4.69) is 24.6 Å². The zero-order valence-electron chi connectivity index (χ0n) is 13.6. The second-order valence-electron chi connectivity index (χ2n) is 6.67.